The highest BCUT2D eigenvalue weighted by Crippen LogP contribution is 2.12. The van der Waals surface area contributed by atoms with Crippen LogP contribution < -0.4 is 11.5 Å². The first-order chi connectivity index (χ1) is 7.52. The van der Waals surface area contributed by atoms with Crippen molar-refractivity contribution in [2.45, 2.75) is 31.8 Å². The smallest absolute Gasteiger partial charge is 0.168 e. The third-order valence-corrected chi connectivity index (χ3v) is 2.37. The first-order valence-electron chi connectivity index (χ1n) is 5.31. The van der Waals surface area contributed by atoms with Crippen LogP contribution in [0.5, 0.6) is 0 Å². The zero-order chi connectivity index (χ0) is 12.6. The van der Waals surface area contributed by atoms with Crippen LogP contribution in [0.1, 0.15) is 25.7 Å². The minimum absolute atomic E-state index is 0.325. The normalized spacial score (nSPS) is 11.1. The van der Waals surface area contributed by atoms with Crippen molar-refractivity contribution in [3.05, 3.63) is 0 Å². The van der Waals surface area contributed by atoms with Gasteiger partial charge in [0.05, 0.1) is 12.1 Å². The molecule has 0 aromatic carbocycles. The molecule has 0 saturated carbocycles. The summed E-state index contributed by atoms with van der Waals surface area (Å²) in [6.45, 7) is -1.35. The van der Waals surface area contributed by atoms with Gasteiger partial charge in [-0.25, -0.2) is 0 Å². The van der Waals surface area contributed by atoms with Crippen molar-refractivity contribution >= 4 is 11.6 Å². The van der Waals surface area contributed by atoms with Gasteiger partial charge in [0.15, 0.2) is 11.6 Å². The standard InChI is InChI=1S/C10H20N2O4/c11-10(12)4-2-1-3-7(8(15)5-13)9(16)6-14/h7,10,13-14H,1-6,11-12H2. The average molecular weight is 232 g/mol. The number of rotatable bonds is 9. The molecule has 0 aromatic rings. The van der Waals surface area contributed by atoms with E-state index in [0.29, 0.717) is 25.7 Å². The van der Waals surface area contributed by atoms with Crippen LogP contribution in [0.2, 0.25) is 0 Å². The molecule has 6 N–H and O–H groups in total. The van der Waals surface area contributed by atoms with E-state index in [1.54, 1.807) is 0 Å². The fourth-order valence-corrected chi connectivity index (χ4v) is 1.45. The molecular weight excluding hydrogens is 212 g/mol. The summed E-state index contributed by atoms with van der Waals surface area (Å²) in [4.78, 5) is 22.4. The molecule has 0 amide bonds. The highest BCUT2D eigenvalue weighted by Gasteiger charge is 2.24. The van der Waals surface area contributed by atoms with Crippen LogP contribution in [0, 0.1) is 5.92 Å². The Morgan fingerprint density at radius 3 is 1.75 bits per heavy atom. The molecule has 6 heteroatoms. The molecule has 16 heavy (non-hydrogen) atoms. The third kappa shape index (κ3) is 5.92. The number of hydrogen-bond acceptors (Lipinski definition) is 6. The lowest BCUT2D eigenvalue weighted by Gasteiger charge is -2.12. The monoisotopic (exact) mass is 232 g/mol. The minimum atomic E-state index is -0.899. The molecule has 0 saturated heterocycles. The van der Waals surface area contributed by atoms with Crippen molar-refractivity contribution in [2.75, 3.05) is 13.2 Å². The van der Waals surface area contributed by atoms with Crippen LogP contribution in [0.3, 0.4) is 0 Å². The van der Waals surface area contributed by atoms with Gasteiger partial charge in [-0.15, -0.1) is 0 Å². The van der Waals surface area contributed by atoms with Crippen molar-refractivity contribution in [1.29, 1.82) is 0 Å². The van der Waals surface area contributed by atoms with Crippen LogP contribution >= 0.6 is 0 Å². The van der Waals surface area contributed by atoms with E-state index in [-0.39, 0.29) is 6.17 Å². The summed E-state index contributed by atoms with van der Waals surface area (Å²) in [5.74, 6) is -1.99. The number of Topliss-reactive ketones (excluding diaryl/α,β-unsaturated/α-hetero) is 2. The molecule has 0 unspecified atom stereocenters. The summed E-state index contributed by atoms with van der Waals surface area (Å²) < 4.78 is 0. The Balaban J connectivity index is 4.03. The van der Waals surface area contributed by atoms with Gasteiger partial charge in [-0.3, -0.25) is 9.59 Å². The van der Waals surface area contributed by atoms with Gasteiger partial charge in [-0.2, -0.15) is 0 Å². The SMILES string of the molecule is NC(N)CCCCC(C(=O)CO)C(=O)CO. The topological polar surface area (TPSA) is 127 Å². The Morgan fingerprint density at radius 1 is 0.938 bits per heavy atom. The second-order valence-electron chi connectivity index (χ2n) is 3.75. The number of unbranched alkanes of at least 4 members (excludes halogenated alkanes) is 1. The lowest BCUT2D eigenvalue weighted by atomic mass is 9.93. The number of aliphatic hydroxyl groups is 2. The van der Waals surface area contributed by atoms with Gasteiger partial charge in [-0.1, -0.05) is 12.8 Å². The quantitative estimate of drug-likeness (QED) is 0.218. The molecule has 6 nitrogen and oxygen atoms in total. The largest absolute Gasteiger partial charge is 0.389 e. The van der Waals surface area contributed by atoms with Crippen LogP contribution in [-0.4, -0.2) is 41.2 Å². The summed E-state index contributed by atoms with van der Waals surface area (Å²) in [5, 5.41) is 17.3. The molecule has 0 rings (SSSR count). The summed E-state index contributed by atoms with van der Waals surface area (Å²) in [6.07, 6.45) is 1.89. The minimum Gasteiger partial charge on any atom is -0.389 e. The summed E-state index contributed by atoms with van der Waals surface area (Å²) in [7, 11) is 0. The summed E-state index contributed by atoms with van der Waals surface area (Å²) in [5.41, 5.74) is 10.7. The number of carbonyl (C=O) groups excluding carboxylic acids is 2. The second-order valence-corrected chi connectivity index (χ2v) is 3.75. The molecule has 94 valence electrons. The van der Waals surface area contributed by atoms with Gasteiger partial charge in [0.1, 0.15) is 13.2 Å². The maximum absolute atomic E-state index is 11.2. The maximum Gasteiger partial charge on any atom is 0.168 e. The summed E-state index contributed by atoms with van der Waals surface area (Å²) >= 11 is 0. The van der Waals surface area contributed by atoms with E-state index in [4.69, 9.17) is 21.7 Å². The molecule has 0 radical (unpaired) electrons. The average Bonchev–Trinajstić information content (AvgIpc) is 2.27. The van der Waals surface area contributed by atoms with Crippen molar-refractivity contribution in [3.8, 4) is 0 Å². The Labute approximate surface area is 94.6 Å². The van der Waals surface area contributed by atoms with Crippen molar-refractivity contribution in [2.24, 2.45) is 17.4 Å². The van der Waals surface area contributed by atoms with Gasteiger partial charge >= 0.3 is 0 Å². The Morgan fingerprint density at radius 2 is 1.38 bits per heavy atom. The predicted molar refractivity (Wildman–Crippen MR) is 58.3 cm³/mol. The predicted octanol–water partition coefficient (Wildman–Crippen LogP) is -1.47. The van der Waals surface area contributed by atoms with Crippen molar-refractivity contribution in [1.82, 2.24) is 0 Å². The van der Waals surface area contributed by atoms with E-state index in [9.17, 15) is 9.59 Å². The van der Waals surface area contributed by atoms with Gasteiger partial charge < -0.3 is 21.7 Å². The Kier molecular flexibility index (Phi) is 7.92. The molecule has 0 aliphatic heterocycles. The molecule has 0 aliphatic carbocycles. The first-order valence-corrected chi connectivity index (χ1v) is 5.31. The molecule has 0 bridgehead atoms. The maximum atomic E-state index is 11.2. The highest BCUT2D eigenvalue weighted by molar-refractivity contribution is 6.03. The Hall–Kier alpha value is -0.820. The fourth-order valence-electron chi connectivity index (χ4n) is 1.45. The van der Waals surface area contributed by atoms with E-state index in [1.165, 1.54) is 0 Å². The third-order valence-electron chi connectivity index (χ3n) is 2.37. The van der Waals surface area contributed by atoms with Crippen LogP contribution in [-0.2, 0) is 9.59 Å². The molecule has 0 spiro atoms. The van der Waals surface area contributed by atoms with Crippen LogP contribution in [0.25, 0.3) is 0 Å². The van der Waals surface area contributed by atoms with E-state index in [2.05, 4.69) is 0 Å². The number of nitrogens with two attached hydrogens (primary N) is 2. The van der Waals surface area contributed by atoms with Crippen molar-refractivity contribution < 1.29 is 19.8 Å². The van der Waals surface area contributed by atoms with E-state index in [1.807, 2.05) is 0 Å². The van der Waals surface area contributed by atoms with Gasteiger partial charge in [0.2, 0.25) is 0 Å². The Bertz CT molecular complexity index is 215. The lowest BCUT2D eigenvalue weighted by molar-refractivity contribution is -0.136. The summed E-state index contributed by atoms with van der Waals surface area (Å²) in [6, 6.07) is 0. The number of hydrogen-bond donors (Lipinski definition) is 4. The number of carbonyl (C=O) groups is 2. The molecule has 0 atom stereocenters. The zero-order valence-corrected chi connectivity index (χ0v) is 9.26. The number of ketones is 2. The van der Waals surface area contributed by atoms with Crippen LogP contribution in [0.15, 0.2) is 0 Å². The molecule has 0 aromatic heterocycles. The highest BCUT2D eigenvalue weighted by atomic mass is 16.3. The molecular formula is C10H20N2O4. The van der Waals surface area contributed by atoms with E-state index in [0.717, 1.165) is 0 Å². The van der Waals surface area contributed by atoms with Crippen molar-refractivity contribution in [3.63, 3.8) is 0 Å². The zero-order valence-electron chi connectivity index (χ0n) is 9.26. The van der Waals surface area contributed by atoms with E-state index < -0.39 is 30.7 Å². The van der Waals surface area contributed by atoms with Gasteiger partial charge in [0, 0.05) is 0 Å². The van der Waals surface area contributed by atoms with Gasteiger partial charge in [-0.05, 0) is 12.8 Å². The molecule has 0 heterocycles. The van der Waals surface area contributed by atoms with E-state index >= 15 is 0 Å². The van der Waals surface area contributed by atoms with Crippen LogP contribution in [0.4, 0.5) is 0 Å². The van der Waals surface area contributed by atoms with Gasteiger partial charge in [0.25, 0.3) is 0 Å². The fraction of sp³-hybridized carbons (Fsp3) is 0.800. The molecule has 0 fully saturated rings. The second kappa shape index (κ2) is 8.35. The first kappa shape index (κ1) is 15.2. The number of aliphatic hydroxyl groups excluding tert-OH is 2. The lowest BCUT2D eigenvalue weighted by Crippen LogP contribution is -2.31. The molecule has 0 aliphatic rings.